The highest BCUT2D eigenvalue weighted by molar-refractivity contribution is 5.74. The molecule has 19 heavy (non-hydrogen) atoms. The second-order valence-corrected chi connectivity index (χ2v) is 6.63. The first-order valence-electron chi connectivity index (χ1n) is 7.13. The van der Waals surface area contributed by atoms with E-state index in [0.717, 1.165) is 25.7 Å². The molecule has 2 saturated carbocycles. The van der Waals surface area contributed by atoms with Crippen LogP contribution in [0.5, 0.6) is 0 Å². The van der Waals surface area contributed by atoms with Gasteiger partial charge in [0, 0.05) is 6.92 Å². The Hall–Kier alpha value is -1.35. The van der Waals surface area contributed by atoms with Gasteiger partial charge in [-0.3, -0.25) is 4.79 Å². The second-order valence-electron chi connectivity index (χ2n) is 6.63. The van der Waals surface area contributed by atoms with Crippen molar-refractivity contribution in [3.63, 3.8) is 0 Å². The number of amides is 1. The Bertz CT molecular complexity index is 531. The average molecular weight is 257 g/mol. The maximum atomic E-state index is 11.6. The minimum atomic E-state index is -0.715. The van der Waals surface area contributed by atoms with Crippen LogP contribution in [0.3, 0.4) is 0 Å². The predicted octanol–water partition coefficient (Wildman–Crippen LogP) is 2.06. The maximum Gasteiger partial charge on any atom is 0.217 e. The van der Waals surface area contributed by atoms with Gasteiger partial charge in [0.1, 0.15) is 0 Å². The summed E-state index contributed by atoms with van der Waals surface area (Å²) in [5.74, 6) is 0.756. The monoisotopic (exact) mass is 257 g/mol. The molecule has 0 heterocycles. The molecule has 0 saturated heterocycles. The molecular weight excluding hydrogens is 238 g/mol. The van der Waals surface area contributed by atoms with Crippen LogP contribution in [0.15, 0.2) is 24.3 Å². The first kappa shape index (κ1) is 11.5. The van der Waals surface area contributed by atoms with E-state index in [1.165, 1.54) is 11.1 Å². The minimum absolute atomic E-state index is 0.0225. The Balaban J connectivity index is 1.86. The summed E-state index contributed by atoms with van der Waals surface area (Å²) in [6, 6.07) is 8.58. The van der Waals surface area contributed by atoms with Gasteiger partial charge >= 0.3 is 0 Å². The van der Waals surface area contributed by atoms with E-state index in [4.69, 9.17) is 0 Å². The quantitative estimate of drug-likeness (QED) is 0.809. The molecule has 2 unspecified atom stereocenters. The lowest BCUT2D eigenvalue weighted by Crippen LogP contribution is -2.57. The molecule has 1 amide bonds. The molecule has 4 aliphatic rings. The summed E-state index contributed by atoms with van der Waals surface area (Å²) in [5.41, 5.74) is 1.68. The number of hydrogen-bond acceptors (Lipinski definition) is 2. The normalized spacial score (nSPS) is 42.0. The van der Waals surface area contributed by atoms with Crippen molar-refractivity contribution in [1.82, 2.24) is 5.32 Å². The van der Waals surface area contributed by atoms with Crippen LogP contribution >= 0.6 is 0 Å². The largest absolute Gasteiger partial charge is 0.387 e. The van der Waals surface area contributed by atoms with Crippen LogP contribution in [-0.2, 0) is 4.79 Å². The van der Waals surface area contributed by atoms with E-state index < -0.39 is 11.1 Å². The molecule has 4 aliphatic carbocycles. The van der Waals surface area contributed by atoms with Gasteiger partial charge in [-0.1, -0.05) is 24.3 Å². The molecule has 100 valence electrons. The molecular formula is C16H19NO2. The summed E-state index contributed by atoms with van der Waals surface area (Å²) in [4.78, 5) is 11.6. The standard InChI is InChI=1S/C16H19NO2/c1-10(18)17-15-6-11-8-16(15,19)9-12(7-15)14-5-3-2-4-13(11)14/h2-5,11-12,19H,6-9H2,1H3,(H,17,18). The molecule has 1 aromatic rings. The van der Waals surface area contributed by atoms with Crippen LogP contribution in [0.4, 0.5) is 0 Å². The fourth-order valence-corrected chi connectivity index (χ4v) is 4.99. The van der Waals surface area contributed by atoms with E-state index in [2.05, 4.69) is 29.6 Å². The van der Waals surface area contributed by atoms with Crippen LogP contribution < -0.4 is 5.32 Å². The van der Waals surface area contributed by atoms with E-state index in [-0.39, 0.29) is 5.91 Å². The van der Waals surface area contributed by atoms with Gasteiger partial charge in [-0.2, -0.15) is 0 Å². The van der Waals surface area contributed by atoms with Crippen LogP contribution in [0.1, 0.15) is 55.6 Å². The Kier molecular flexibility index (Phi) is 2.05. The third-order valence-electron chi connectivity index (χ3n) is 5.54. The number of rotatable bonds is 1. The number of carbonyl (C=O) groups is 1. The summed E-state index contributed by atoms with van der Waals surface area (Å²) in [5, 5.41) is 14.2. The first-order chi connectivity index (χ1) is 9.03. The summed E-state index contributed by atoms with van der Waals surface area (Å²) in [7, 11) is 0. The fourth-order valence-electron chi connectivity index (χ4n) is 4.99. The summed E-state index contributed by atoms with van der Waals surface area (Å²) >= 11 is 0. The zero-order valence-corrected chi connectivity index (χ0v) is 11.1. The number of aliphatic hydroxyl groups is 1. The lowest BCUT2D eigenvalue weighted by molar-refractivity contribution is -0.123. The number of carbonyl (C=O) groups excluding carboxylic acids is 1. The van der Waals surface area contributed by atoms with E-state index in [0.29, 0.717) is 11.8 Å². The predicted molar refractivity (Wildman–Crippen MR) is 71.9 cm³/mol. The van der Waals surface area contributed by atoms with Gasteiger partial charge in [0.15, 0.2) is 0 Å². The molecule has 1 aromatic carbocycles. The van der Waals surface area contributed by atoms with Gasteiger partial charge in [-0.15, -0.1) is 0 Å². The van der Waals surface area contributed by atoms with Gasteiger partial charge in [-0.05, 0) is 48.6 Å². The molecule has 2 N–H and O–H groups in total. The van der Waals surface area contributed by atoms with E-state index in [9.17, 15) is 9.90 Å². The van der Waals surface area contributed by atoms with Gasteiger partial charge in [0.25, 0.3) is 0 Å². The van der Waals surface area contributed by atoms with Crippen molar-refractivity contribution in [1.29, 1.82) is 0 Å². The van der Waals surface area contributed by atoms with Crippen molar-refractivity contribution in [3.05, 3.63) is 35.4 Å². The SMILES string of the molecule is CC(=O)NC12CC3CC1(O)CC(C2)c1ccccc13. The third kappa shape index (κ3) is 1.34. The Morgan fingerprint density at radius 2 is 1.68 bits per heavy atom. The zero-order valence-electron chi connectivity index (χ0n) is 11.1. The van der Waals surface area contributed by atoms with Crippen LogP contribution in [-0.4, -0.2) is 22.2 Å². The van der Waals surface area contributed by atoms with Crippen LogP contribution in [0.2, 0.25) is 0 Å². The third-order valence-corrected chi connectivity index (χ3v) is 5.54. The summed E-state index contributed by atoms with van der Waals surface area (Å²) in [6.45, 7) is 1.56. The number of benzene rings is 1. The smallest absolute Gasteiger partial charge is 0.217 e. The highest BCUT2D eigenvalue weighted by atomic mass is 16.3. The molecule has 0 aliphatic heterocycles. The van der Waals surface area contributed by atoms with Crippen molar-refractivity contribution in [3.8, 4) is 0 Å². The molecule has 2 atom stereocenters. The Morgan fingerprint density at radius 3 is 2.16 bits per heavy atom. The lowest BCUT2D eigenvalue weighted by Gasteiger charge is -2.36. The Morgan fingerprint density at radius 1 is 1.16 bits per heavy atom. The number of nitrogens with one attached hydrogen (secondary N) is 1. The molecule has 5 rings (SSSR count). The second kappa shape index (κ2) is 3.40. The highest BCUT2D eigenvalue weighted by Crippen LogP contribution is 2.63. The number of hydrogen-bond donors (Lipinski definition) is 2. The van der Waals surface area contributed by atoms with Crippen molar-refractivity contribution >= 4 is 5.91 Å². The molecule has 2 fully saturated rings. The molecule has 4 bridgehead atoms. The first-order valence-corrected chi connectivity index (χ1v) is 7.13. The minimum Gasteiger partial charge on any atom is -0.387 e. The molecule has 0 aromatic heterocycles. The highest BCUT2D eigenvalue weighted by Gasteiger charge is 2.65. The molecule has 0 spiro atoms. The van der Waals surface area contributed by atoms with Crippen LogP contribution in [0.25, 0.3) is 0 Å². The zero-order chi connectivity index (χ0) is 13.3. The van der Waals surface area contributed by atoms with Gasteiger partial charge in [-0.25, -0.2) is 0 Å². The van der Waals surface area contributed by atoms with Crippen molar-refractivity contribution < 1.29 is 9.90 Å². The fraction of sp³-hybridized carbons (Fsp3) is 0.562. The van der Waals surface area contributed by atoms with E-state index in [1.54, 1.807) is 6.92 Å². The van der Waals surface area contributed by atoms with Gasteiger partial charge in [0.05, 0.1) is 11.1 Å². The van der Waals surface area contributed by atoms with Gasteiger partial charge < -0.3 is 10.4 Å². The topological polar surface area (TPSA) is 49.3 Å². The van der Waals surface area contributed by atoms with Crippen molar-refractivity contribution in [2.75, 3.05) is 0 Å². The summed E-state index contributed by atoms with van der Waals surface area (Å²) in [6.07, 6.45) is 3.36. The van der Waals surface area contributed by atoms with Crippen molar-refractivity contribution in [2.24, 2.45) is 0 Å². The lowest BCUT2D eigenvalue weighted by atomic mass is 9.86. The summed E-state index contributed by atoms with van der Waals surface area (Å²) < 4.78 is 0. The average Bonchev–Trinajstić information content (AvgIpc) is 2.64. The molecule has 3 heteroatoms. The van der Waals surface area contributed by atoms with Gasteiger partial charge in [0.2, 0.25) is 5.91 Å². The van der Waals surface area contributed by atoms with Crippen LogP contribution in [0, 0.1) is 0 Å². The van der Waals surface area contributed by atoms with Crippen molar-refractivity contribution in [2.45, 2.75) is 55.6 Å². The van der Waals surface area contributed by atoms with E-state index >= 15 is 0 Å². The molecule has 0 radical (unpaired) electrons. The maximum absolute atomic E-state index is 11.6. The molecule has 3 nitrogen and oxygen atoms in total. The Labute approximate surface area is 113 Å². The van der Waals surface area contributed by atoms with E-state index in [1.807, 2.05) is 0 Å².